The fraction of sp³-hybridized carbons (Fsp3) is 0.714. The molecule has 7 heteroatoms. The van der Waals surface area contributed by atoms with Crippen molar-refractivity contribution in [2.45, 2.75) is 38.8 Å². The molecule has 120 valence electrons. The summed E-state index contributed by atoms with van der Waals surface area (Å²) >= 11 is 3.31. The van der Waals surface area contributed by atoms with Gasteiger partial charge in [0.2, 0.25) is 0 Å². The molecule has 6 nitrogen and oxygen atoms in total. The monoisotopic (exact) mass is 360 g/mol. The maximum Gasteiger partial charge on any atom is 0.283 e. The normalized spacial score (nSPS) is 14.2. The first-order chi connectivity index (χ1) is 9.76. The number of unbranched alkanes of at least 4 members (excludes halogenated alkanes) is 1. The van der Waals surface area contributed by atoms with Crippen LogP contribution in [0.25, 0.3) is 0 Å². The summed E-state index contributed by atoms with van der Waals surface area (Å²) in [5.74, 6) is 0. The molecule has 0 aliphatic carbocycles. The Kier molecular flexibility index (Phi) is 6.83. The van der Waals surface area contributed by atoms with Crippen molar-refractivity contribution >= 4 is 21.6 Å². The third kappa shape index (κ3) is 5.76. The van der Waals surface area contributed by atoms with E-state index in [9.17, 15) is 9.90 Å². The molecule has 0 bridgehead atoms. The third-order valence-corrected chi connectivity index (χ3v) is 3.79. The molecule has 1 aromatic heterocycles. The molecule has 1 aromatic rings. The lowest BCUT2D eigenvalue weighted by Gasteiger charge is -2.27. The van der Waals surface area contributed by atoms with Gasteiger partial charge in [-0.3, -0.25) is 4.79 Å². The van der Waals surface area contributed by atoms with Crippen LogP contribution in [0.3, 0.4) is 0 Å². The van der Waals surface area contributed by atoms with Gasteiger partial charge in [0, 0.05) is 19.6 Å². The van der Waals surface area contributed by atoms with Crippen LogP contribution in [-0.2, 0) is 6.54 Å². The van der Waals surface area contributed by atoms with E-state index in [1.807, 2.05) is 19.0 Å². The second-order valence-electron chi connectivity index (χ2n) is 5.84. The van der Waals surface area contributed by atoms with Crippen LogP contribution in [0.1, 0.15) is 26.7 Å². The second-order valence-corrected chi connectivity index (χ2v) is 6.64. The van der Waals surface area contributed by atoms with Crippen molar-refractivity contribution in [1.29, 1.82) is 0 Å². The molecule has 0 spiro atoms. The molecule has 1 atom stereocenters. The molecule has 1 unspecified atom stereocenters. The molecule has 0 aliphatic rings. The van der Waals surface area contributed by atoms with Gasteiger partial charge in [0.15, 0.2) is 0 Å². The van der Waals surface area contributed by atoms with E-state index in [0.717, 1.165) is 12.8 Å². The Balaban J connectivity index is 2.77. The lowest BCUT2D eigenvalue weighted by Crippen LogP contribution is -2.43. The summed E-state index contributed by atoms with van der Waals surface area (Å²) in [5.41, 5.74) is -0.438. The molecule has 0 fully saturated rings. The number of halogens is 1. The Hall–Kier alpha value is -0.920. The van der Waals surface area contributed by atoms with Crippen molar-refractivity contribution < 1.29 is 5.11 Å². The minimum atomic E-state index is -0.889. The minimum absolute atomic E-state index is 0.152. The van der Waals surface area contributed by atoms with Gasteiger partial charge < -0.3 is 15.3 Å². The zero-order valence-corrected chi connectivity index (χ0v) is 14.8. The van der Waals surface area contributed by atoms with Gasteiger partial charge >= 0.3 is 0 Å². The van der Waals surface area contributed by atoms with E-state index in [1.54, 1.807) is 13.1 Å². The molecule has 0 radical (unpaired) electrons. The zero-order chi connectivity index (χ0) is 16.0. The summed E-state index contributed by atoms with van der Waals surface area (Å²) in [6, 6.07) is 0. The summed E-state index contributed by atoms with van der Waals surface area (Å²) in [4.78, 5) is 14.1. The Morgan fingerprint density at radius 1 is 1.52 bits per heavy atom. The van der Waals surface area contributed by atoms with Crippen LogP contribution in [0.15, 0.2) is 15.5 Å². The first kappa shape index (κ1) is 18.1. The first-order valence-corrected chi connectivity index (χ1v) is 7.92. The largest absolute Gasteiger partial charge is 0.387 e. The van der Waals surface area contributed by atoms with Crippen LogP contribution in [0.4, 0.5) is 5.69 Å². The molecular weight excluding hydrogens is 336 g/mol. The van der Waals surface area contributed by atoms with Gasteiger partial charge in [0.05, 0.1) is 17.5 Å². The van der Waals surface area contributed by atoms with Crippen molar-refractivity contribution in [3.05, 3.63) is 21.0 Å². The number of aryl methyl sites for hydroxylation is 1. The predicted octanol–water partition coefficient (Wildman–Crippen LogP) is 1.53. The number of hydrogen-bond donors (Lipinski definition) is 2. The highest BCUT2D eigenvalue weighted by Crippen LogP contribution is 2.17. The van der Waals surface area contributed by atoms with Gasteiger partial charge in [0.1, 0.15) is 4.47 Å². The van der Waals surface area contributed by atoms with Crippen LogP contribution in [0.2, 0.25) is 0 Å². The fourth-order valence-electron chi connectivity index (χ4n) is 2.08. The highest BCUT2D eigenvalue weighted by atomic mass is 79.9. The molecular formula is C14H25BrN4O2. The Labute approximate surface area is 134 Å². The number of nitrogens with zero attached hydrogens (tertiary/aromatic N) is 3. The van der Waals surface area contributed by atoms with E-state index in [4.69, 9.17) is 0 Å². The van der Waals surface area contributed by atoms with E-state index in [-0.39, 0.29) is 5.56 Å². The molecule has 0 saturated heterocycles. The maximum absolute atomic E-state index is 12.1. The van der Waals surface area contributed by atoms with Gasteiger partial charge in [-0.1, -0.05) is 13.3 Å². The number of anilines is 1. The average molecular weight is 361 g/mol. The zero-order valence-electron chi connectivity index (χ0n) is 13.2. The molecule has 0 aliphatic heterocycles. The third-order valence-electron chi connectivity index (χ3n) is 3.02. The Morgan fingerprint density at radius 2 is 2.19 bits per heavy atom. The average Bonchev–Trinajstić information content (AvgIpc) is 2.38. The van der Waals surface area contributed by atoms with Crippen molar-refractivity contribution in [2.75, 3.05) is 32.5 Å². The summed E-state index contributed by atoms with van der Waals surface area (Å²) in [7, 11) is 3.81. The van der Waals surface area contributed by atoms with Crippen LogP contribution >= 0.6 is 15.9 Å². The van der Waals surface area contributed by atoms with Gasteiger partial charge in [-0.2, -0.15) is 5.10 Å². The molecule has 2 N–H and O–H groups in total. The summed E-state index contributed by atoms with van der Waals surface area (Å²) in [6.45, 7) is 5.31. The van der Waals surface area contributed by atoms with E-state index in [0.29, 0.717) is 29.8 Å². The standard InChI is InChI=1S/C14H25BrN4O2/c1-5-6-7-19-13(20)12(15)11(8-17-19)16-9-14(2,21)10-18(3)4/h8,16,21H,5-7,9-10H2,1-4H3. The predicted molar refractivity (Wildman–Crippen MR) is 88.8 cm³/mol. The quantitative estimate of drug-likeness (QED) is 0.735. The molecule has 21 heavy (non-hydrogen) atoms. The Bertz CT molecular complexity index is 514. The smallest absolute Gasteiger partial charge is 0.283 e. The molecule has 0 amide bonds. The van der Waals surface area contributed by atoms with Crippen LogP contribution in [-0.4, -0.2) is 52.6 Å². The summed E-state index contributed by atoms with van der Waals surface area (Å²) in [6.07, 6.45) is 3.55. The van der Waals surface area contributed by atoms with Gasteiger partial charge in [-0.25, -0.2) is 4.68 Å². The van der Waals surface area contributed by atoms with Gasteiger partial charge in [-0.15, -0.1) is 0 Å². The fourth-order valence-corrected chi connectivity index (χ4v) is 2.53. The van der Waals surface area contributed by atoms with Crippen LogP contribution in [0, 0.1) is 0 Å². The van der Waals surface area contributed by atoms with Crippen molar-refractivity contribution in [3.63, 3.8) is 0 Å². The molecule has 0 saturated carbocycles. The van der Waals surface area contributed by atoms with E-state index >= 15 is 0 Å². The lowest BCUT2D eigenvalue weighted by molar-refractivity contribution is 0.0459. The van der Waals surface area contributed by atoms with Crippen molar-refractivity contribution in [2.24, 2.45) is 0 Å². The number of hydrogen-bond acceptors (Lipinski definition) is 5. The number of aliphatic hydroxyl groups is 1. The maximum atomic E-state index is 12.1. The molecule has 1 heterocycles. The second kappa shape index (κ2) is 7.91. The van der Waals surface area contributed by atoms with Crippen LogP contribution in [0.5, 0.6) is 0 Å². The Morgan fingerprint density at radius 3 is 2.76 bits per heavy atom. The summed E-state index contributed by atoms with van der Waals surface area (Å²) in [5, 5.41) is 17.5. The lowest BCUT2D eigenvalue weighted by atomic mass is 10.1. The van der Waals surface area contributed by atoms with Crippen molar-refractivity contribution in [1.82, 2.24) is 14.7 Å². The van der Waals surface area contributed by atoms with E-state index < -0.39 is 5.60 Å². The van der Waals surface area contributed by atoms with Crippen molar-refractivity contribution in [3.8, 4) is 0 Å². The number of likely N-dealkylation sites (N-methyl/N-ethyl adjacent to an activating group) is 1. The van der Waals surface area contributed by atoms with Crippen LogP contribution < -0.4 is 10.9 Å². The number of nitrogens with one attached hydrogen (secondary N) is 1. The number of rotatable bonds is 8. The highest BCUT2D eigenvalue weighted by molar-refractivity contribution is 9.10. The first-order valence-electron chi connectivity index (χ1n) is 7.13. The highest BCUT2D eigenvalue weighted by Gasteiger charge is 2.21. The van der Waals surface area contributed by atoms with Gasteiger partial charge in [0.25, 0.3) is 5.56 Å². The minimum Gasteiger partial charge on any atom is -0.387 e. The van der Waals surface area contributed by atoms with E-state index in [2.05, 4.69) is 33.3 Å². The molecule has 0 aromatic carbocycles. The SMILES string of the molecule is CCCCn1ncc(NCC(C)(O)CN(C)C)c(Br)c1=O. The summed E-state index contributed by atoms with van der Waals surface area (Å²) < 4.78 is 1.91. The molecule has 1 rings (SSSR count). The van der Waals surface area contributed by atoms with E-state index in [1.165, 1.54) is 4.68 Å². The number of aromatic nitrogens is 2. The van der Waals surface area contributed by atoms with Gasteiger partial charge in [-0.05, 0) is 43.4 Å². The topological polar surface area (TPSA) is 70.4 Å².